The maximum Gasteiger partial charge on any atom is 0.295 e. The number of aromatic amines is 1. The first kappa shape index (κ1) is 21.0. The van der Waals surface area contributed by atoms with Crippen molar-refractivity contribution in [1.29, 1.82) is 0 Å². The average Bonchev–Trinajstić information content (AvgIpc) is 3.53. The second kappa shape index (κ2) is 8.55. The van der Waals surface area contributed by atoms with Gasteiger partial charge in [-0.3, -0.25) is 29.3 Å². The minimum Gasteiger partial charge on any atom is -0.359 e. The van der Waals surface area contributed by atoms with Crippen molar-refractivity contribution in [1.82, 2.24) is 29.7 Å². The van der Waals surface area contributed by atoms with Gasteiger partial charge in [0, 0.05) is 55.8 Å². The van der Waals surface area contributed by atoms with E-state index in [-0.39, 0.29) is 18.5 Å². The number of pyridine rings is 2. The molecule has 1 aliphatic rings. The molecule has 1 saturated heterocycles. The first-order chi connectivity index (χ1) is 16.0. The fourth-order valence-corrected chi connectivity index (χ4v) is 4.73. The Labute approximate surface area is 193 Å². The third-order valence-corrected chi connectivity index (χ3v) is 6.55. The molecule has 5 heterocycles. The van der Waals surface area contributed by atoms with E-state index in [4.69, 9.17) is 0 Å². The van der Waals surface area contributed by atoms with Gasteiger partial charge in [0.2, 0.25) is 0 Å². The number of amides is 2. The summed E-state index contributed by atoms with van der Waals surface area (Å²) in [5, 5.41) is 0.642. The first-order valence-electron chi connectivity index (χ1n) is 10.4. The van der Waals surface area contributed by atoms with Gasteiger partial charge < -0.3 is 14.8 Å². The van der Waals surface area contributed by atoms with E-state index in [1.165, 1.54) is 16.2 Å². The third-order valence-electron chi connectivity index (χ3n) is 5.77. The molecule has 166 valence electrons. The van der Waals surface area contributed by atoms with Crippen LogP contribution < -0.4 is 0 Å². The molecule has 0 saturated carbocycles. The summed E-state index contributed by atoms with van der Waals surface area (Å²) in [6.45, 7) is 2.79. The molecule has 1 unspecified atom stereocenters. The number of aromatic nitrogens is 4. The summed E-state index contributed by atoms with van der Waals surface area (Å²) in [6, 6.07) is 6.61. The minimum atomic E-state index is -0.584. The lowest BCUT2D eigenvalue weighted by Gasteiger charge is -2.39. The van der Waals surface area contributed by atoms with Crippen LogP contribution in [0, 0.1) is 0 Å². The number of nitrogens with one attached hydrogen (secondary N) is 1. The van der Waals surface area contributed by atoms with Crippen LogP contribution in [-0.2, 0) is 4.79 Å². The lowest BCUT2D eigenvalue weighted by Crippen LogP contribution is -2.56. The van der Waals surface area contributed by atoms with Crippen LogP contribution in [0.25, 0.3) is 21.5 Å². The van der Waals surface area contributed by atoms with Crippen molar-refractivity contribution in [2.75, 3.05) is 19.6 Å². The lowest BCUT2D eigenvalue weighted by atomic mass is 10.1. The molecule has 0 aliphatic carbocycles. The molecule has 4 aromatic heterocycles. The fraction of sp³-hybridized carbons (Fsp3) is 0.217. The van der Waals surface area contributed by atoms with Crippen LogP contribution >= 0.6 is 11.3 Å². The molecule has 0 spiro atoms. The zero-order valence-corrected chi connectivity index (χ0v) is 18.6. The Balaban J connectivity index is 1.34. The normalized spacial score (nSPS) is 16.2. The predicted molar refractivity (Wildman–Crippen MR) is 123 cm³/mol. The number of hydrogen-bond acceptors (Lipinski definition) is 7. The van der Waals surface area contributed by atoms with Crippen LogP contribution in [0.15, 0.2) is 54.6 Å². The third kappa shape index (κ3) is 3.78. The van der Waals surface area contributed by atoms with Gasteiger partial charge in [0.25, 0.3) is 17.6 Å². The van der Waals surface area contributed by atoms with Gasteiger partial charge in [0.15, 0.2) is 0 Å². The molecular formula is C23H20N6O3S. The molecule has 10 heteroatoms. The van der Waals surface area contributed by atoms with E-state index in [0.29, 0.717) is 40.9 Å². The van der Waals surface area contributed by atoms with Crippen molar-refractivity contribution in [3.05, 3.63) is 65.8 Å². The molecule has 2 amide bonds. The van der Waals surface area contributed by atoms with Crippen LogP contribution in [-0.4, -0.2) is 73.0 Å². The molecule has 0 aromatic carbocycles. The number of nitrogens with zero attached hydrogens (tertiary/aromatic N) is 5. The van der Waals surface area contributed by atoms with E-state index >= 15 is 0 Å². The Morgan fingerprint density at radius 3 is 2.73 bits per heavy atom. The molecule has 1 aliphatic heterocycles. The molecule has 1 fully saturated rings. The summed E-state index contributed by atoms with van der Waals surface area (Å²) >= 11 is 1.45. The lowest BCUT2D eigenvalue weighted by molar-refractivity contribution is -0.130. The van der Waals surface area contributed by atoms with E-state index in [1.807, 2.05) is 6.92 Å². The predicted octanol–water partition coefficient (Wildman–Crippen LogP) is 2.64. The van der Waals surface area contributed by atoms with E-state index in [2.05, 4.69) is 19.9 Å². The first-order valence-corrected chi connectivity index (χ1v) is 11.3. The van der Waals surface area contributed by atoms with Gasteiger partial charge in [-0.25, -0.2) is 0 Å². The fourth-order valence-electron chi connectivity index (χ4n) is 4.10. The van der Waals surface area contributed by atoms with Gasteiger partial charge in [0.1, 0.15) is 11.4 Å². The Kier molecular flexibility index (Phi) is 5.43. The molecule has 9 nitrogen and oxygen atoms in total. The number of piperazine rings is 1. The van der Waals surface area contributed by atoms with Crippen molar-refractivity contribution in [2.45, 2.75) is 13.0 Å². The molecule has 1 atom stereocenters. The molecule has 4 aromatic rings. The summed E-state index contributed by atoms with van der Waals surface area (Å²) in [5.74, 6) is -1.34. The Bertz CT molecular complexity index is 1340. The second-order valence-corrected chi connectivity index (χ2v) is 8.68. The van der Waals surface area contributed by atoms with Gasteiger partial charge in [-0.2, -0.15) is 0 Å². The van der Waals surface area contributed by atoms with E-state index in [0.717, 1.165) is 4.88 Å². The number of H-pyrrole nitrogens is 1. The van der Waals surface area contributed by atoms with Gasteiger partial charge in [-0.1, -0.05) is 6.07 Å². The number of hydrogen-bond donors (Lipinski definition) is 1. The van der Waals surface area contributed by atoms with Crippen LogP contribution in [0.3, 0.4) is 0 Å². The van der Waals surface area contributed by atoms with E-state index in [1.54, 1.807) is 59.5 Å². The van der Waals surface area contributed by atoms with Crippen molar-refractivity contribution < 1.29 is 14.4 Å². The highest BCUT2D eigenvalue weighted by Crippen LogP contribution is 2.30. The van der Waals surface area contributed by atoms with E-state index < -0.39 is 11.7 Å². The molecule has 33 heavy (non-hydrogen) atoms. The summed E-state index contributed by atoms with van der Waals surface area (Å²) in [5.41, 5.74) is 3.77. The largest absolute Gasteiger partial charge is 0.359 e. The van der Waals surface area contributed by atoms with Crippen molar-refractivity contribution >= 4 is 39.8 Å². The highest BCUT2D eigenvalue weighted by Gasteiger charge is 2.34. The summed E-state index contributed by atoms with van der Waals surface area (Å²) in [4.78, 5) is 58.8. The standard InChI is InChI=1S/C23H20N6O3S/c1-14-12-28(22(31)17-4-2-3-6-25-17)8-9-29(14)23(32)21(30)16-10-27-19-15(16)5-7-26-20(19)18-11-24-13-33-18/h2-7,10-11,13-14,27H,8-9,12H2,1H3. The number of carbonyl (C=O) groups is 3. The van der Waals surface area contributed by atoms with Crippen molar-refractivity contribution in [2.24, 2.45) is 0 Å². The number of fused-ring (bicyclic) bond motifs is 1. The minimum absolute atomic E-state index is 0.180. The second-order valence-electron chi connectivity index (χ2n) is 7.79. The van der Waals surface area contributed by atoms with Gasteiger partial charge in [0.05, 0.1) is 21.5 Å². The number of thiazole rings is 1. The molecular weight excluding hydrogens is 440 g/mol. The van der Waals surface area contributed by atoms with Crippen LogP contribution in [0.5, 0.6) is 0 Å². The smallest absolute Gasteiger partial charge is 0.295 e. The number of rotatable bonds is 4. The summed E-state index contributed by atoms with van der Waals surface area (Å²) < 4.78 is 0. The number of carbonyl (C=O) groups excluding carboxylic acids is 3. The summed E-state index contributed by atoms with van der Waals surface area (Å²) in [7, 11) is 0. The quantitative estimate of drug-likeness (QED) is 0.370. The van der Waals surface area contributed by atoms with E-state index in [9.17, 15) is 14.4 Å². The van der Waals surface area contributed by atoms with Crippen LogP contribution in [0.1, 0.15) is 27.8 Å². The maximum atomic E-state index is 13.2. The Hall–Kier alpha value is -3.92. The Morgan fingerprint density at radius 2 is 2.00 bits per heavy atom. The summed E-state index contributed by atoms with van der Waals surface area (Å²) in [6.07, 6.45) is 6.47. The molecule has 0 radical (unpaired) electrons. The Morgan fingerprint density at radius 1 is 1.12 bits per heavy atom. The molecule has 0 bridgehead atoms. The van der Waals surface area contributed by atoms with Gasteiger partial charge >= 0.3 is 0 Å². The highest BCUT2D eigenvalue weighted by atomic mass is 32.1. The molecule has 1 N–H and O–H groups in total. The monoisotopic (exact) mass is 460 g/mol. The average molecular weight is 461 g/mol. The van der Waals surface area contributed by atoms with Crippen molar-refractivity contribution in [3.63, 3.8) is 0 Å². The van der Waals surface area contributed by atoms with Crippen molar-refractivity contribution in [3.8, 4) is 10.6 Å². The SMILES string of the molecule is CC1CN(C(=O)c2ccccn2)CCN1C(=O)C(=O)c1c[nH]c2c(-c3cncs3)nccc12. The maximum absolute atomic E-state index is 13.2. The number of Topliss-reactive ketones (excluding diaryl/α,β-unsaturated/α-hetero) is 1. The van der Waals surface area contributed by atoms with Gasteiger partial charge in [-0.15, -0.1) is 11.3 Å². The highest BCUT2D eigenvalue weighted by molar-refractivity contribution is 7.13. The number of ketones is 1. The zero-order chi connectivity index (χ0) is 22.9. The van der Waals surface area contributed by atoms with Crippen LogP contribution in [0.4, 0.5) is 0 Å². The zero-order valence-electron chi connectivity index (χ0n) is 17.8. The topological polar surface area (TPSA) is 112 Å². The molecule has 5 rings (SSSR count). The van der Waals surface area contributed by atoms with Crippen LogP contribution in [0.2, 0.25) is 0 Å². The van der Waals surface area contributed by atoms with Gasteiger partial charge in [-0.05, 0) is 25.1 Å².